The van der Waals surface area contributed by atoms with Crippen LogP contribution in [0.1, 0.15) is 134 Å². The molecule has 73 heavy (non-hydrogen) atoms. The Hall–Kier alpha value is -3.62. The van der Waals surface area contributed by atoms with Crippen molar-refractivity contribution < 1.29 is 45.5 Å². The second-order valence-corrected chi connectivity index (χ2v) is 36.2. The van der Waals surface area contributed by atoms with Crippen molar-refractivity contribution in [1.29, 1.82) is 0 Å². The number of rotatable bonds is 26. The van der Waals surface area contributed by atoms with Crippen molar-refractivity contribution >= 4 is 66.4 Å². The van der Waals surface area contributed by atoms with Gasteiger partial charge < -0.3 is 27.5 Å². The van der Waals surface area contributed by atoms with Gasteiger partial charge in [-0.3, -0.25) is 4.79 Å². The molecule has 0 N–H and O–H groups in total. The van der Waals surface area contributed by atoms with Crippen molar-refractivity contribution in [2.45, 2.75) is 199 Å². The number of hydrogen-bond acceptors (Lipinski definition) is 13. The molecule has 1 aliphatic heterocycles. The maximum Gasteiger partial charge on any atom is 0.330 e. The summed E-state index contributed by atoms with van der Waals surface area (Å²) in [6, 6.07) is 7.45. The smallest absolute Gasteiger partial charge is 0.330 e. The SMILES string of the molecule is CO[C@@H](/C(C)=C/C=C/C(C)=C/c1coc(C)n1)[C@@H](C)[C@H](C[C@H](O[Si](C(C)C)(C(C)C)C(C)C)/C(C)=C/C=O)OC(=O)/C=C/C[C@H]1C[C@@H](O[Si](C)(C)C(C)(C)C)O[C@@H]([C@H](C)CS(=O)(=O)c2nc3ccccc3s2)C1. The third kappa shape index (κ3) is 16.9. The van der Waals surface area contributed by atoms with Crippen LogP contribution in [0.4, 0.5) is 0 Å². The van der Waals surface area contributed by atoms with Crippen LogP contribution in [-0.2, 0) is 42.5 Å². The third-order valence-electron chi connectivity index (χ3n) is 15.1. The number of methoxy groups -OCH3 is 1. The highest BCUT2D eigenvalue weighted by Gasteiger charge is 2.48. The van der Waals surface area contributed by atoms with Crippen molar-refractivity contribution in [2.24, 2.45) is 17.8 Å². The normalized spacial score (nSPS) is 20.4. The van der Waals surface area contributed by atoms with Crippen molar-refractivity contribution in [3.63, 3.8) is 0 Å². The summed E-state index contributed by atoms with van der Waals surface area (Å²) in [7, 11) is -6.83. The first-order chi connectivity index (χ1) is 34.0. The largest absolute Gasteiger partial charge is 0.459 e. The standard InChI is InChI=1S/C57H88N2O10S2Si2/c1-37(2)73(38(3)4,39(5)6)68-50(41(8)29-30-60)34-51(44(11)55(64-16)42(9)24-21-23-40(7)31-47-35-65-45(12)58-47)66-53(61)28-22-25-46-32-49(67-54(33-46)69-72(17,18)57(13,14)15)43(10)36-71(62,63)56-59-48-26-19-20-27-52(48)70-56/h19-24,26-31,35,37-39,43-44,46,49-51,54-55H,25,32-34,36H2,1-18H3/b23-21+,28-22+,40-31+,41-29+,42-24+/t43-,44+,46-,49-,50+,51+,54-,55+/m1/s1. The minimum atomic E-state index is -3.71. The van der Waals surface area contributed by atoms with E-state index in [0.717, 1.165) is 33.4 Å². The molecule has 1 fully saturated rings. The zero-order chi connectivity index (χ0) is 54.6. The maximum absolute atomic E-state index is 14.2. The summed E-state index contributed by atoms with van der Waals surface area (Å²) >= 11 is 1.19. The minimum absolute atomic E-state index is 0.0345. The number of carbonyl (C=O) groups is 2. The molecule has 4 rings (SSSR count). The molecule has 1 saturated heterocycles. The summed E-state index contributed by atoms with van der Waals surface area (Å²) in [4.78, 5) is 35.2. The molecule has 0 unspecified atom stereocenters. The third-order valence-corrected chi connectivity index (χ3v) is 29.1. The number of nitrogens with zero attached hydrogens (tertiary/aromatic N) is 2. The lowest BCUT2D eigenvalue weighted by atomic mass is 9.87. The van der Waals surface area contributed by atoms with Gasteiger partial charge in [0.05, 0.1) is 34.3 Å². The molecule has 0 saturated carbocycles. The Balaban J connectivity index is 1.65. The summed E-state index contributed by atoms with van der Waals surface area (Å²) in [6.45, 7) is 36.0. The summed E-state index contributed by atoms with van der Waals surface area (Å²) in [5.41, 5.74) is 4.94. The van der Waals surface area contributed by atoms with Crippen molar-refractivity contribution in [2.75, 3.05) is 12.9 Å². The Morgan fingerprint density at radius 1 is 0.932 bits per heavy atom. The molecule has 12 nitrogen and oxygen atoms in total. The topological polar surface area (TPSA) is 153 Å². The van der Waals surface area contributed by atoms with Crippen LogP contribution < -0.4 is 0 Å². The van der Waals surface area contributed by atoms with Gasteiger partial charge in [-0.2, -0.15) is 0 Å². The van der Waals surface area contributed by atoms with E-state index in [1.807, 2.05) is 96.2 Å². The van der Waals surface area contributed by atoms with Crippen molar-refractivity contribution in [3.8, 4) is 0 Å². The average Bonchev–Trinajstić information content (AvgIpc) is 3.92. The molecule has 0 aliphatic carbocycles. The van der Waals surface area contributed by atoms with Gasteiger partial charge in [0.25, 0.3) is 0 Å². The molecule has 1 aliphatic rings. The minimum Gasteiger partial charge on any atom is -0.459 e. The van der Waals surface area contributed by atoms with Crippen LogP contribution >= 0.6 is 11.3 Å². The summed E-state index contributed by atoms with van der Waals surface area (Å²) in [5.74, 6) is -0.676. The van der Waals surface area contributed by atoms with Crippen LogP contribution in [0, 0.1) is 24.7 Å². The van der Waals surface area contributed by atoms with E-state index < -0.39 is 63.1 Å². The molecular weight excluding hydrogens is 993 g/mol. The number of allylic oxidation sites excluding steroid dienone is 6. The molecule has 3 heterocycles. The van der Waals surface area contributed by atoms with Gasteiger partial charge in [0, 0.05) is 38.9 Å². The summed E-state index contributed by atoms with van der Waals surface area (Å²) in [6.07, 6.45) is 14.7. The number of fused-ring (bicyclic) bond motifs is 1. The molecule has 1 aromatic carbocycles. The molecule has 406 valence electrons. The van der Waals surface area contributed by atoms with E-state index in [1.165, 1.54) is 17.4 Å². The van der Waals surface area contributed by atoms with E-state index in [0.29, 0.717) is 37.1 Å². The Bertz CT molecular complexity index is 2490. The Morgan fingerprint density at radius 2 is 1.59 bits per heavy atom. The van der Waals surface area contributed by atoms with Gasteiger partial charge in [-0.1, -0.05) is 113 Å². The molecule has 3 aromatic rings. The molecule has 16 heteroatoms. The second-order valence-electron chi connectivity index (χ2n) is 22.8. The molecule has 0 radical (unpaired) electrons. The van der Waals surface area contributed by atoms with E-state index in [4.69, 9.17) is 27.5 Å². The molecule has 2 aromatic heterocycles. The van der Waals surface area contributed by atoms with Crippen molar-refractivity contribution in [3.05, 3.63) is 95.3 Å². The first-order valence-electron chi connectivity index (χ1n) is 26.1. The lowest BCUT2D eigenvalue weighted by Gasteiger charge is -2.45. The van der Waals surface area contributed by atoms with Crippen LogP contribution in [0.5, 0.6) is 0 Å². The summed E-state index contributed by atoms with van der Waals surface area (Å²) < 4.78 is 67.7. The van der Waals surface area contributed by atoms with E-state index in [-0.39, 0.29) is 49.5 Å². The highest BCUT2D eigenvalue weighted by Crippen LogP contribution is 2.45. The maximum atomic E-state index is 14.2. The lowest BCUT2D eigenvalue weighted by Crippen LogP contribution is -2.51. The first-order valence-corrected chi connectivity index (χ1v) is 33.6. The number of esters is 1. The number of aromatic nitrogens is 2. The molecule has 8 atom stereocenters. The number of thiazole rings is 1. The van der Waals surface area contributed by atoms with Gasteiger partial charge >= 0.3 is 5.97 Å². The number of para-hydroxylation sites is 1. The van der Waals surface area contributed by atoms with E-state index >= 15 is 0 Å². The Labute approximate surface area is 444 Å². The van der Waals surface area contributed by atoms with Crippen LogP contribution in [0.3, 0.4) is 0 Å². The van der Waals surface area contributed by atoms with E-state index in [9.17, 15) is 18.0 Å². The summed E-state index contributed by atoms with van der Waals surface area (Å²) in [5, 5.41) is -0.0763. The predicted molar refractivity (Wildman–Crippen MR) is 302 cm³/mol. The van der Waals surface area contributed by atoms with Gasteiger partial charge in [-0.25, -0.2) is 23.2 Å². The number of oxazole rings is 1. The zero-order valence-corrected chi connectivity index (χ0v) is 50.8. The quantitative estimate of drug-likeness (QED) is 0.0247. The lowest BCUT2D eigenvalue weighted by molar-refractivity contribution is -0.179. The van der Waals surface area contributed by atoms with E-state index in [2.05, 4.69) is 85.4 Å². The first kappa shape index (κ1) is 61.9. The van der Waals surface area contributed by atoms with Crippen LogP contribution in [-0.4, -0.2) is 90.8 Å². The van der Waals surface area contributed by atoms with Gasteiger partial charge in [-0.05, 0) is 121 Å². The molecule has 0 bridgehead atoms. The number of benzene rings is 1. The highest BCUT2D eigenvalue weighted by atomic mass is 32.2. The Kier molecular flexibility index (Phi) is 22.8. The number of ether oxygens (including phenoxy) is 3. The fourth-order valence-electron chi connectivity index (χ4n) is 10.2. The van der Waals surface area contributed by atoms with E-state index in [1.54, 1.807) is 19.4 Å². The van der Waals surface area contributed by atoms with Crippen LogP contribution in [0.15, 0.2) is 92.5 Å². The Morgan fingerprint density at radius 3 is 2.16 bits per heavy atom. The monoisotopic (exact) mass is 1080 g/mol. The second kappa shape index (κ2) is 26.9. The predicted octanol–water partition coefficient (Wildman–Crippen LogP) is 14.4. The highest BCUT2D eigenvalue weighted by molar-refractivity contribution is 7.93. The average molecular weight is 1080 g/mol. The molecule has 0 spiro atoms. The van der Waals surface area contributed by atoms with Gasteiger partial charge in [0.1, 0.15) is 30.6 Å². The van der Waals surface area contributed by atoms with Gasteiger partial charge in [0.2, 0.25) is 22.5 Å². The number of aryl methyl sites for hydroxylation is 1. The van der Waals surface area contributed by atoms with Crippen LogP contribution in [0.2, 0.25) is 34.8 Å². The fraction of sp³-hybridized carbons (Fsp3) is 0.614. The fourth-order valence-corrected chi connectivity index (χ4v) is 19.9. The molecular formula is C57H88N2O10S2Si2. The van der Waals surface area contributed by atoms with Crippen molar-refractivity contribution in [1.82, 2.24) is 9.97 Å². The number of carbonyl (C=O) groups excluding carboxylic acids is 2. The molecule has 0 amide bonds. The number of aldehydes is 1. The van der Waals surface area contributed by atoms with Crippen LogP contribution in [0.25, 0.3) is 16.3 Å². The van der Waals surface area contributed by atoms with Gasteiger partial charge in [-0.15, -0.1) is 11.3 Å². The number of hydrogen-bond donors (Lipinski definition) is 0. The zero-order valence-electron chi connectivity index (χ0n) is 47.2. The number of sulfone groups is 1. The van der Waals surface area contributed by atoms with Gasteiger partial charge in [0.15, 0.2) is 14.2 Å².